The standard InChI is InChI=1S/C21H10Br4F3N3O4S/c1-29-10-3-5-11(6-4-10)30-12-7-2-9(21(26,27)28)8-13(12)31-20(32)14-15(22)16(23)17(24)18(25)19(14)36(33,34)35/h2-8,30H,(H,31,32)(H,33,34,35). The molecule has 0 fully saturated rings. The summed E-state index contributed by atoms with van der Waals surface area (Å²) in [6.45, 7) is 7.01. The van der Waals surface area contributed by atoms with E-state index in [2.05, 4.69) is 79.2 Å². The van der Waals surface area contributed by atoms with Gasteiger partial charge >= 0.3 is 6.18 Å². The number of anilines is 3. The highest BCUT2D eigenvalue weighted by Gasteiger charge is 2.33. The first-order valence-corrected chi connectivity index (χ1v) is 13.9. The molecular weight excluding hydrogens is 767 g/mol. The number of carbonyl (C=O) groups excluding carboxylic acids is 1. The predicted octanol–water partition coefficient (Wildman–Crippen LogP) is 8.55. The summed E-state index contributed by atoms with van der Waals surface area (Å²) >= 11 is 12.4. The highest BCUT2D eigenvalue weighted by molar-refractivity contribution is 9.15. The molecule has 188 valence electrons. The highest BCUT2D eigenvalue weighted by atomic mass is 79.9. The van der Waals surface area contributed by atoms with Crippen LogP contribution < -0.4 is 10.6 Å². The molecule has 3 N–H and O–H groups in total. The van der Waals surface area contributed by atoms with E-state index in [-0.39, 0.29) is 29.3 Å². The van der Waals surface area contributed by atoms with Gasteiger partial charge in [0.15, 0.2) is 5.69 Å². The quantitative estimate of drug-likeness (QED) is 0.104. The lowest BCUT2D eigenvalue weighted by Crippen LogP contribution is -2.19. The number of alkyl halides is 3. The van der Waals surface area contributed by atoms with Crippen LogP contribution in [0.1, 0.15) is 15.9 Å². The molecular formula is C21H10Br4F3N3O4S. The van der Waals surface area contributed by atoms with Gasteiger partial charge in [0, 0.05) is 19.1 Å². The Bertz CT molecular complexity index is 1520. The van der Waals surface area contributed by atoms with Crippen molar-refractivity contribution in [3.63, 3.8) is 0 Å². The Morgan fingerprint density at radius 1 is 0.917 bits per heavy atom. The Morgan fingerprint density at radius 2 is 1.50 bits per heavy atom. The number of halogens is 7. The second kappa shape index (κ2) is 10.8. The lowest BCUT2D eigenvalue weighted by Gasteiger charge is -2.18. The van der Waals surface area contributed by atoms with Gasteiger partial charge in [-0.2, -0.15) is 21.6 Å². The SMILES string of the molecule is [C-]#[N+]c1ccc(Nc2ccc(C(F)(F)F)cc2NC(=O)c2c(Br)c(Br)c(Br)c(Br)c2S(=O)(=O)O)cc1. The first kappa shape index (κ1) is 28.6. The van der Waals surface area contributed by atoms with Gasteiger partial charge in [-0.25, -0.2) is 4.85 Å². The smallest absolute Gasteiger partial charge is 0.354 e. The molecule has 0 bridgehead atoms. The summed E-state index contributed by atoms with van der Waals surface area (Å²) in [6, 6.07) is 8.59. The van der Waals surface area contributed by atoms with Crippen LogP contribution in [-0.2, 0) is 16.3 Å². The van der Waals surface area contributed by atoms with Crippen molar-refractivity contribution in [3.8, 4) is 0 Å². The van der Waals surface area contributed by atoms with Crippen molar-refractivity contribution in [2.24, 2.45) is 0 Å². The van der Waals surface area contributed by atoms with Crippen molar-refractivity contribution >= 4 is 102 Å². The lowest BCUT2D eigenvalue weighted by molar-refractivity contribution is -0.137. The van der Waals surface area contributed by atoms with E-state index in [1.807, 2.05) is 0 Å². The zero-order valence-electron chi connectivity index (χ0n) is 17.2. The van der Waals surface area contributed by atoms with E-state index >= 15 is 0 Å². The average molecular weight is 777 g/mol. The minimum absolute atomic E-state index is 0.0479. The highest BCUT2D eigenvalue weighted by Crippen LogP contribution is 2.44. The summed E-state index contributed by atoms with van der Waals surface area (Å²) in [6.07, 6.45) is -4.74. The Kier molecular flexibility index (Phi) is 8.58. The topological polar surface area (TPSA) is 99.9 Å². The van der Waals surface area contributed by atoms with Gasteiger partial charge in [0.25, 0.3) is 16.0 Å². The molecule has 0 heterocycles. The molecule has 3 aromatic carbocycles. The molecule has 0 saturated heterocycles. The maximum atomic E-state index is 13.4. The second-order valence-electron chi connectivity index (χ2n) is 6.93. The van der Waals surface area contributed by atoms with E-state index in [0.717, 1.165) is 12.1 Å². The molecule has 0 atom stereocenters. The molecule has 1 amide bonds. The van der Waals surface area contributed by atoms with Crippen LogP contribution in [0.4, 0.5) is 35.9 Å². The summed E-state index contributed by atoms with van der Waals surface area (Å²) in [4.78, 5) is 15.7. The number of nitrogens with one attached hydrogen (secondary N) is 2. The maximum Gasteiger partial charge on any atom is 0.416 e. The van der Waals surface area contributed by atoms with E-state index in [9.17, 15) is 30.9 Å². The first-order chi connectivity index (χ1) is 16.6. The van der Waals surface area contributed by atoms with Crippen molar-refractivity contribution < 1.29 is 30.9 Å². The van der Waals surface area contributed by atoms with Crippen LogP contribution in [-0.4, -0.2) is 18.9 Å². The van der Waals surface area contributed by atoms with E-state index < -0.39 is 38.2 Å². The van der Waals surface area contributed by atoms with Crippen molar-refractivity contribution in [2.75, 3.05) is 10.6 Å². The third kappa shape index (κ3) is 6.12. The number of rotatable bonds is 5. The third-order valence-electron chi connectivity index (χ3n) is 4.58. The van der Waals surface area contributed by atoms with Gasteiger partial charge in [-0.3, -0.25) is 9.35 Å². The molecule has 0 spiro atoms. The van der Waals surface area contributed by atoms with Crippen LogP contribution in [0.15, 0.2) is 65.3 Å². The number of hydrogen-bond donors (Lipinski definition) is 3. The number of benzene rings is 3. The van der Waals surface area contributed by atoms with E-state index in [0.29, 0.717) is 17.4 Å². The minimum atomic E-state index is -4.97. The molecule has 0 aliphatic rings. The molecule has 7 nitrogen and oxygen atoms in total. The van der Waals surface area contributed by atoms with Crippen LogP contribution in [0.2, 0.25) is 0 Å². The van der Waals surface area contributed by atoms with Crippen LogP contribution in [0, 0.1) is 6.57 Å². The summed E-state index contributed by atoms with van der Waals surface area (Å²) in [7, 11) is -4.97. The third-order valence-corrected chi connectivity index (χ3v) is 10.5. The molecule has 0 radical (unpaired) electrons. The van der Waals surface area contributed by atoms with Gasteiger partial charge < -0.3 is 10.6 Å². The van der Waals surface area contributed by atoms with Gasteiger partial charge in [-0.15, -0.1) is 0 Å². The normalized spacial score (nSPS) is 11.6. The fourth-order valence-corrected chi connectivity index (χ4v) is 6.90. The van der Waals surface area contributed by atoms with E-state index in [1.165, 1.54) is 24.3 Å². The molecule has 0 aliphatic heterocycles. The number of carbonyl (C=O) groups is 1. The van der Waals surface area contributed by atoms with Gasteiger partial charge in [0.2, 0.25) is 0 Å². The molecule has 15 heteroatoms. The molecule has 3 aromatic rings. The van der Waals surface area contributed by atoms with Crippen molar-refractivity contribution in [2.45, 2.75) is 11.1 Å². The van der Waals surface area contributed by atoms with Gasteiger partial charge in [-0.1, -0.05) is 12.1 Å². The van der Waals surface area contributed by atoms with Gasteiger partial charge in [0.05, 0.1) is 33.5 Å². The van der Waals surface area contributed by atoms with Gasteiger partial charge in [-0.05, 0) is 94.1 Å². The molecule has 3 rings (SSSR count). The van der Waals surface area contributed by atoms with Crippen LogP contribution in [0.5, 0.6) is 0 Å². The molecule has 36 heavy (non-hydrogen) atoms. The zero-order valence-corrected chi connectivity index (χ0v) is 24.4. The van der Waals surface area contributed by atoms with E-state index in [4.69, 9.17) is 6.57 Å². The minimum Gasteiger partial charge on any atom is -0.354 e. The van der Waals surface area contributed by atoms with Crippen molar-refractivity contribution in [1.82, 2.24) is 0 Å². The summed E-state index contributed by atoms with van der Waals surface area (Å²) < 4.78 is 74.3. The monoisotopic (exact) mass is 773 g/mol. The van der Waals surface area contributed by atoms with Crippen LogP contribution in [0.3, 0.4) is 0 Å². The number of nitrogens with zero attached hydrogens (tertiary/aromatic N) is 1. The summed E-state index contributed by atoms with van der Waals surface area (Å²) in [5.74, 6) is -1.13. The molecule has 0 aliphatic carbocycles. The van der Waals surface area contributed by atoms with Crippen LogP contribution >= 0.6 is 63.7 Å². The lowest BCUT2D eigenvalue weighted by atomic mass is 10.1. The second-order valence-corrected chi connectivity index (χ2v) is 11.5. The Balaban J connectivity index is 2.15. The Morgan fingerprint density at radius 3 is 2.03 bits per heavy atom. The molecule has 0 saturated carbocycles. The molecule has 0 aromatic heterocycles. The summed E-state index contributed by atoms with van der Waals surface area (Å²) in [5.41, 5.74) is -1.16. The van der Waals surface area contributed by atoms with Crippen molar-refractivity contribution in [3.05, 3.63) is 82.9 Å². The van der Waals surface area contributed by atoms with Crippen LogP contribution in [0.25, 0.3) is 4.85 Å². The molecule has 0 unspecified atom stereocenters. The summed E-state index contributed by atoms with van der Waals surface area (Å²) in [5, 5.41) is 5.16. The largest absolute Gasteiger partial charge is 0.416 e. The fourth-order valence-electron chi connectivity index (χ4n) is 2.95. The average Bonchev–Trinajstić information content (AvgIpc) is 2.79. The Hall–Kier alpha value is -1.96. The zero-order chi connectivity index (χ0) is 27.0. The number of amides is 1. The fraction of sp³-hybridized carbons (Fsp3) is 0.0476. The van der Waals surface area contributed by atoms with Crippen molar-refractivity contribution in [1.29, 1.82) is 0 Å². The van der Waals surface area contributed by atoms with E-state index in [1.54, 1.807) is 0 Å². The Labute approximate surface area is 236 Å². The number of hydrogen-bond acceptors (Lipinski definition) is 4. The maximum absolute atomic E-state index is 13.4. The predicted molar refractivity (Wildman–Crippen MR) is 142 cm³/mol. The first-order valence-electron chi connectivity index (χ1n) is 9.25. The van der Waals surface area contributed by atoms with Gasteiger partial charge in [0.1, 0.15) is 4.90 Å².